The maximum Gasteiger partial charge on any atom is 0.387 e. The van der Waals surface area contributed by atoms with Crippen molar-refractivity contribution in [3.05, 3.63) is 42.2 Å². The Morgan fingerprint density at radius 1 is 1.24 bits per heavy atom. The van der Waals surface area contributed by atoms with E-state index in [0.717, 1.165) is 12.8 Å². The molecule has 1 fully saturated rings. The van der Waals surface area contributed by atoms with Gasteiger partial charge in [0.05, 0.1) is 19.0 Å². The molecule has 34 heavy (non-hydrogen) atoms. The Bertz CT molecular complexity index is 1170. The molecule has 7 nitrogen and oxygen atoms in total. The number of fused-ring (bicyclic) bond motifs is 1. The van der Waals surface area contributed by atoms with Crippen molar-refractivity contribution in [2.45, 2.75) is 38.8 Å². The molecule has 1 aliphatic carbocycles. The van der Waals surface area contributed by atoms with Gasteiger partial charge in [0.25, 0.3) is 0 Å². The lowest BCUT2D eigenvalue weighted by Gasteiger charge is -2.20. The van der Waals surface area contributed by atoms with Gasteiger partial charge in [-0.1, -0.05) is 0 Å². The second-order valence-corrected chi connectivity index (χ2v) is 8.86. The van der Waals surface area contributed by atoms with Crippen LogP contribution < -0.4 is 14.2 Å². The maximum absolute atomic E-state index is 13.2. The molecule has 1 aliphatic rings. The summed E-state index contributed by atoms with van der Waals surface area (Å²) in [6, 6.07) is 6.98. The summed E-state index contributed by atoms with van der Waals surface area (Å²) in [5.41, 5.74) is 1.87. The summed E-state index contributed by atoms with van der Waals surface area (Å²) in [5, 5.41) is 0. The summed E-state index contributed by atoms with van der Waals surface area (Å²) in [7, 11) is 5.39. The minimum Gasteiger partial charge on any atom is -0.496 e. The second-order valence-electron chi connectivity index (χ2n) is 8.86. The number of nitrogens with zero attached hydrogens (tertiary/aromatic N) is 3. The van der Waals surface area contributed by atoms with E-state index in [1.807, 2.05) is 30.6 Å². The first kappa shape index (κ1) is 23.9. The number of benzene rings is 1. The minimum atomic E-state index is -3.07. The van der Waals surface area contributed by atoms with E-state index in [9.17, 15) is 13.6 Å². The largest absolute Gasteiger partial charge is 0.496 e. The summed E-state index contributed by atoms with van der Waals surface area (Å²) in [5.74, 6) is 0.730. The minimum absolute atomic E-state index is 0.0537. The van der Waals surface area contributed by atoms with Gasteiger partial charge in [0, 0.05) is 30.3 Å². The third-order valence-electron chi connectivity index (χ3n) is 6.11. The van der Waals surface area contributed by atoms with Crippen LogP contribution in [-0.2, 0) is 0 Å². The van der Waals surface area contributed by atoms with Crippen LogP contribution in [0.2, 0.25) is 0 Å². The van der Waals surface area contributed by atoms with E-state index in [1.165, 1.54) is 13.2 Å². The third-order valence-corrected chi connectivity index (χ3v) is 6.11. The number of alkyl halides is 2. The number of hydrogen-bond donors (Lipinski definition) is 0. The Hall–Kier alpha value is -3.20. The van der Waals surface area contributed by atoms with E-state index >= 15 is 0 Å². The highest BCUT2D eigenvalue weighted by Crippen LogP contribution is 2.40. The first-order chi connectivity index (χ1) is 16.3. The van der Waals surface area contributed by atoms with Gasteiger partial charge >= 0.3 is 6.61 Å². The lowest BCUT2D eigenvalue weighted by molar-refractivity contribution is -0.0502. The van der Waals surface area contributed by atoms with Crippen LogP contribution in [0.1, 0.15) is 36.5 Å². The van der Waals surface area contributed by atoms with Crippen LogP contribution in [0.25, 0.3) is 16.9 Å². The Labute approximate surface area is 197 Å². The van der Waals surface area contributed by atoms with Crippen LogP contribution in [0.5, 0.6) is 17.2 Å². The van der Waals surface area contributed by atoms with Gasteiger partial charge in [0.1, 0.15) is 35.1 Å². The molecule has 1 saturated carbocycles. The fourth-order valence-electron chi connectivity index (χ4n) is 3.68. The number of carbonyl (C=O) groups excluding carboxylic acids is 1. The third kappa shape index (κ3) is 5.30. The number of halogens is 2. The number of carbonyl (C=O) groups is 1. The molecule has 0 saturated heterocycles. The number of imidazole rings is 1. The second kappa shape index (κ2) is 9.97. The molecule has 182 valence electrons. The number of ketones is 1. The summed E-state index contributed by atoms with van der Waals surface area (Å²) in [4.78, 5) is 19.3. The predicted octanol–water partition coefficient (Wildman–Crippen LogP) is 4.92. The molecule has 0 amide bonds. The molecule has 0 spiro atoms. The van der Waals surface area contributed by atoms with E-state index < -0.39 is 6.61 Å². The average Bonchev–Trinajstić information content (AvgIpc) is 3.51. The number of pyridine rings is 1. The monoisotopic (exact) mass is 473 g/mol. The highest BCUT2D eigenvalue weighted by atomic mass is 19.3. The van der Waals surface area contributed by atoms with Crippen LogP contribution in [0.3, 0.4) is 0 Å². The van der Waals surface area contributed by atoms with E-state index in [2.05, 4.69) is 16.8 Å². The van der Waals surface area contributed by atoms with Crippen molar-refractivity contribution >= 4 is 11.4 Å². The molecule has 1 unspecified atom stereocenters. The molecule has 0 bridgehead atoms. The molecular formula is C25H29F2N3O4. The quantitative estimate of drug-likeness (QED) is 0.368. The van der Waals surface area contributed by atoms with Crippen LogP contribution >= 0.6 is 0 Å². The number of Topliss-reactive ketones (excluding diaryl/α,β-unsaturated/α-hetero) is 1. The number of hydrogen-bond acceptors (Lipinski definition) is 6. The van der Waals surface area contributed by atoms with Crippen LogP contribution in [0.15, 0.2) is 36.7 Å². The van der Waals surface area contributed by atoms with E-state index in [4.69, 9.17) is 14.2 Å². The number of ether oxygens (including phenoxy) is 3. The Morgan fingerprint density at radius 2 is 1.97 bits per heavy atom. The van der Waals surface area contributed by atoms with Gasteiger partial charge in [-0.3, -0.25) is 9.20 Å². The van der Waals surface area contributed by atoms with Gasteiger partial charge in [0.2, 0.25) is 0 Å². The van der Waals surface area contributed by atoms with Crippen molar-refractivity contribution < 1.29 is 27.8 Å². The van der Waals surface area contributed by atoms with Crippen molar-refractivity contribution in [3.8, 4) is 28.5 Å². The van der Waals surface area contributed by atoms with Gasteiger partial charge in [0.15, 0.2) is 5.78 Å². The van der Waals surface area contributed by atoms with Crippen molar-refractivity contribution in [2.24, 2.45) is 5.92 Å². The predicted molar refractivity (Wildman–Crippen MR) is 124 cm³/mol. The average molecular weight is 474 g/mol. The van der Waals surface area contributed by atoms with Gasteiger partial charge in [-0.05, 0) is 58.0 Å². The Kier molecular flexibility index (Phi) is 7.02. The number of methoxy groups -OCH3 is 1. The zero-order chi connectivity index (χ0) is 24.4. The summed E-state index contributed by atoms with van der Waals surface area (Å²) in [6.45, 7) is -0.477. The van der Waals surface area contributed by atoms with Crippen LogP contribution in [-0.4, -0.2) is 60.5 Å². The smallest absolute Gasteiger partial charge is 0.387 e. The first-order valence-corrected chi connectivity index (χ1v) is 11.2. The highest BCUT2D eigenvalue weighted by molar-refractivity contribution is 6.02. The van der Waals surface area contributed by atoms with E-state index in [0.29, 0.717) is 41.6 Å². The molecule has 0 aliphatic heterocycles. The molecule has 0 radical (unpaired) electrons. The van der Waals surface area contributed by atoms with Crippen molar-refractivity contribution in [2.75, 3.05) is 27.8 Å². The zero-order valence-electron chi connectivity index (χ0n) is 19.8. The maximum atomic E-state index is 13.2. The molecule has 3 aromatic rings. The van der Waals surface area contributed by atoms with Crippen molar-refractivity contribution in [1.82, 2.24) is 14.3 Å². The Balaban J connectivity index is 1.68. The number of likely N-dealkylation sites (N-methyl/N-ethyl adjacent to an activating group) is 1. The summed E-state index contributed by atoms with van der Waals surface area (Å²) < 4.78 is 44.3. The number of aromatic nitrogens is 2. The fraction of sp³-hybridized carbons (Fsp3) is 0.440. The fourth-order valence-corrected chi connectivity index (χ4v) is 3.68. The zero-order valence-corrected chi connectivity index (χ0v) is 19.8. The molecule has 2 aromatic heterocycles. The molecule has 2 heterocycles. The van der Waals surface area contributed by atoms with Gasteiger partial charge in [-0.2, -0.15) is 8.78 Å². The molecule has 1 atom stereocenters. The van der Waals surface area contributed by atoms with Crippen molar-refractivity contribution in [3.63, 3.8) is 0 Å². The lowest BCUT2D eigenvalue weighted by atomic mass is 10.00. The standard InChI is InChI=1S/C25H29F2N3O4/c1-15(29(2)3)14-33-18-7-8-30-19(13-28-23(30)12-18)17-10-21(32-4)24(20(31)9-16-5-6-16)22(11-17)34-25(26)27/h7-8,10-13,15-16,25H,5-6,9,14H2,1-4H3. The van der Waals surface area contributed by atoms with E-state index in [1.54, 1.807) is 18.5 Å². The Morgan fingerprint density at radius 3 is 2.62 bits per heavy atom. The summed E-state index contributed by atoms with van der Waals surface area (Å²) in [6.07, 6.45) is 5.67. The molecular weight excluding hydrogens is 444 g/mol. The SMILES string of the molecule is COc1cc(-c2cnc3cc(OCC(C)N(C)C)ccn23)cc(OC(F)F)c1C(=O)CC1CC1. The van der Waals surface area contributed by atoms with Gasteiger partial charge in [-0.25, -0.2) is 4.98 Å². The van der Waals surface area contributed by atoms with Crippen LogP contribution in [0.4, 0.5) is 8.78 Å². The van der Waals surface area contributed by atoms with E-state index in [-0.39, 0.29) is 28.9 Å². The topological polar surface area (TPSA) is 65.3 Å². The van der Waals surface area contributed by atoms with Gasteiger partial charge < -0.3 is 19.1 Å². The highest BCUT2D eigenvalue weighted by Gasteiger charge is 2.29. The van der Waals surface area contributed by atoms with Gasteiger partial charge in [-0.15, -0.1) is 0 Å². The molecule has 4 rings (SSSR count). The van der Waals surface area contributed by atoms with Crippen molar-refractivity contribution in [1.29, 1.82) is 0 Å². The lowest BCUT2D eigenvalue weighted by Crippen LogP contribution is -2.30. The molecule has 0 N–H and O–H groups in total. The molecule has 1 aromatic carbocycles. The summed E-state index contributed by atoms with van der Waals surface area (Å²) >= 11 is 0. The van der Waals surface area contributed by atoms with Crippen LogP contribution in [0, 0.1) is 5.92 Å². The first-order valence-electron chi connectivity index (χ1n) is 11.2. The number of rotatable bonds is 11. The normalized spacial score (nSPS) is 14.6. The molecule has 9 heteroatoms.